The van der Waals surface area contributed by atoms with Crippen molar-refractivity contribution in [1.82, 2.24) is 15.2 Å². The molecule has 0 unspecified atom stereocenters. The van der Waals surface area contributed by atoms with Gasteiger partial charge in [-0.3, -0.25) is 10.1 Å². The van der Waals surface area contributed by atoms with Gasteiger partial charge in [0.15, 0.2) is 0 Å². The van der Waals surface area contributed by atoms with Crippen molar-refractivity contribution in [3.63, 3.8) is 0 Å². The molecule has 2 aromatic rings. The first-order chi connectivity index (χ1) is 9.15. The van der Waals surface area contributed by atoms with Crippen LogP contribution in [0.3, 0.4) is 0 Å². The summed E-state index contributed by atoms with van der Waals surface area (Å²) in [6.07, 6.45) is 0. The van der Waals surface area contributed by atoms with E-state index in [1.54, 1.807) is 0 Å². The summed E-state index contributed by atoms with van der Waals surface area (Å²) in [4.78, 5) is 15.7. The lowest BCUT2D eigenvalue weighted by Crippen LogP contribution is -2.18. The Morgan fingerprint density at radius 1 is 1.37 bits per heavy atom. The molecular weight excluding hydrogens is 260 g/mol. The van der Waals surface area contributed by atoms with E-state index >= 15 is 0 Å². The van der Waals surface area contributed by atoms with E-state index in [2.05, 4.69) is 32.6 Å². The molecule has 0 aliphatic rings. The molecule has 0 aliphatic heterocycles. The molecule has 0 spiro atoms. The lowest BCUT2D eigenvalue weighted by Gasteiger charge is -2.02. The van der Waals surface area contributed by atoms with Gasteiger partial charge in [-0.2, -0.15) is 4.98 Å². The fourth-order valence-electron chi connectivity index (χ4n) is 1.35. The van der Waals surface area contributed by atoms with E-state index in [1.807, 2.05) is 32.0 Å². The van der Waals surface area contributed by atoms with E-state index in [-0.39, 0.29) is 11.8 Å². The summed E-state index contributed by atoms with van der Waals surface area (Å²) in [5.41, 5.74) is 1.21. The fourth-order valence-corrected chi connectivity index (χ4v) is 2.10. The molecule has 100 valence electrons. The molecule has 1 amide bonds. The molecular formula is C13H16N4OS. The molecule has 1 aromatic heterocycles. The van der Waals surface area contributed by atoms with Gasteiger partial charge in [-0.1, -0.05) is 55.9 Å². The van der Waals surface area contributed by atoms with E-state index in [0.29, 0.717) is 11.1 Å². The number of benzene rings is 1. The lowest BCUT2D eigenvalue weighted by molar-refractivity contribution is -0.118. The summed E-state index contributed by atoms with van der Waals surface area (Å²) in [6.45, 7) is 3.66. The second kappa shape index (κ2) is 6.38. The normalized spacial score (nSPS) is 10.7. The average Bonchev–Trinajstić information content (AvgIpc) is 2.85. The van der Waals surface area contributed by atoms with Crippen molar-refractivity contribution in [3.05, 3.63) is 35.9 Å². The van der Waals surface area contributed by atoms with Gasteiger partial charge in [0.05, 0.1) is 0 Å². The summed E-state index contributed by atoms with van der Waals surface area (Å²) < 4.78 is 0. The second-order valence-corrected chi connectivity index (χ2v) is 5.33. The predicted molar refractivity (Wildman–Crippen MR) is 75.9 cm³/mol. The van der Waals surface area contributed by atoms with Crippen molar-refractivity contribution in [1.29, 1.82) is 0 Å². The molecule has 19 heavy (non-hydrogen) atoms. The number of aromatic nitrogens is 3. The summed E-state index contributed by atoms with van der Waals surface area (Å²) in [7, 11) is 0. The maximum atomic E-state index is 11.5. The molecule has 2 N–H and O–H groups in total. The van der Waals surface area contributed by atoms with Gasteiger partial charge in [-0.05, 0) is 5.56 Å². The zero-order valence-corrected chi connectivity index (χ0v) is 11.7. The molecule has 1 aromatic carbocycles. The number of hydrogen-bond acceptors (Lipinski definition) is 4. The van der Waals surface area contributed by atoms with Crippen molar-refractivity contribution >= 4 is 23.6 Å². The molecule has 5 nitrogen and oxygen atoms in total. The molecule has 0 fully saturated rings. The number of hydrogen-bond donors (Lipinski definition) is 2. The maximum absolute atomic E-state index is 11.5. The van der Waals surface area contributed by atoms with Gasteiger partial charge in [-0.15, -0.1) is 5.10 Å². The highest BCUT2D eigenvalue weighted by molar-refractivity contribution is 7.98. The van der Waals surface area contributed by atoms with E-state index in [4.69, 9.17) is 0 Å². The number of H-pyrrole nitrogens is 1. The second-order valence-electron chi connectivity index (χ2n) is 4.38. The minimum absolute atomic E-state index is 0.0734. The highest BCUT2D eigenvalue weighted by Crippen LogP contribution is 2.19. The topological polar surface area (TPSA) is 70.7 Å². The van der Waals surface area contributed by atoms with Crippen LogP contribution in [0.15, 0.2) is 35.5 Å². The van der Waals surface area contributed by atoms with Crippen LogP contribution >= 0.6 is 11.8 Å². The largest absolute Gasteiger partial charge is 0.295 e. The number of anilines is 1. The number of nitrogens with one attached hydrogen (secondary N) is 2. The van der Waals surface area contributed by atoms with Crippen molar-refractivity contribution in [2.24, 2.45) is 5.92 Å². The Bertz CT molecular complexity index is 539. The fraction of sp³-hybridized carbons (Fsp3) is 0.308. The Hall–Kier alpha value is -1.82. The number of aromatic amines is 1. The smallest absolute Gasteiger partial charge is 0.229 e. The first-order valence-electron chi connectivity index (χ1n) is 6.05. The van der Waals surface area contributed by atoms with Crippen LogP contribution in [0.5, 0.6) is 0 Å². The molecule has 0 saturated heterocycles. The van der Waals surface area contributed by atoms with Crippen LogP contribution in [0.2, 0.25) is 0 Å². The van der Waals surface area contributed by atoms with Crippen molar-refractivity contribution in [2.75, 3.05) is 5.32 Å². The summed E-state index contributed by atoms with van der Waals surface area (Å²) in [6, 6.07) is 10.1. The highest BCUT2D eigenvalue weighted by atomic mass is 32.2. The highest BCUT2D eigenvalue weighted by Gasteiger charge is 2.10. The van der Waals surface area contributed by atoms with Gasteiger partial charge < -0.3 is 0 Å². The monoisotopic (exact) mass is 276 g/mol. The standard InChI is InChI=1S/C13H16N4OS/c1-9(2)11(18)14-12-15-13(17-16-12)19-8-10-6-4-3-5-7-10/h3-7,9H,8H2,1-2H3,(H2,14,15,16,17,18). The summed E-state index contributed by atoms with van der Waals surface area (Å²) >= 11 is 1.53. The van der Waals surface area contributed by atoms with Crippen molar-refractivity contribution in [3.8, 4) is 0 Å². The number of carbonyl (C=O) groups excluding carboxylic acids is 1. The number of carbonyl (C=O) groups is 1. The van der Waals surface area contributed by atoms with Crippen molar-refractivity contribution in [2.45, 2.75) is 24.8 Å². The van der Waals surface area contributed by atoms with Gasteiger partial charge in [0.1, 0.15) is 0 Å². The SMILES string of the molecule is CC(C)C(=O)Nc1nc(SCc2ccccc2)n[nH]1. The van der Waals surface area contributed by atoms with Gasteiger partial charge >= 0.3 is 0 Å². The third kappa shape index (κ3) is 4.10. The number of nitrogens with zero attached hydrogens (tertiary/aromatic N) is 2. The zero-order chi connectivity index (χ0) is 13.7. The Kier molecular flexibility index (Phi) is 4.57. The van der Waals surface area contributed by atoms with Gasteiger partial charge in [0.25, 0.3) is 0 Å². The Balaban J connectivity index is 1.89. The molecule has 0 aliphatic carbocycles. The maximum Gasteiger partial charge on any atom is 0.229 e. The van der Waals surface area contributed by atoms with Crippen LogP contribution in [0.1, 0.15) is 19.4 Å². The van der Waals surface area contributed by atoms with E-state index in [0.717, 1.165) is 5.75 Å². The summed E-state index contributed by atoms with van der Waals surface area (Å²) in [5, 5.41) is 10.1. The number of amides is 1. The third-order valence-electron chi connectivity index (χ3n) is 2.44. The third-order valence-corrected chi connectivity index (χ3v) is 3.36. The van der Waals surface area contributed by atoms with Gasteiger partial charge in [-0.25, -0.2) is 5.10 Å². The molecule has 0 saturated carbocycles. The molecule has 2 rings (SSSR count). The van der Waals surface area contributed by atoms with E-state index in [9.17, 15) is 4.79 Å². The molecule has 0 radical (unpaired) electrons. The zero-order valence-electron chi connectivity index (χ0n) is 10.9. The number of rotatable bonds is 5. The van der Waals surface area contributed by atoms with Gasteiger partial charge in [0.2, 0.25) is 17.0 Å². The Morgan fingerprint density at radius 3 is 2.79 bits per heavy atom. The minimum Gasteiger partial charge on any atom is -0.295 e. The summed E-state index contributed by atoms with van der Waals surface area (Å²) in [5.74, 6) is 1.05. The van der Waals surface area contributed by atoms with Crippen LogP contribution in [0, 0.1) is 5.92 Å². The van der Waals surface area contributed by atoms with Crippen LogP contribution in [0.25, 0.3) is 0 Å². The molecule has 0 atom stereocenters. The van der Waals surface area contributed by atoms with Crippen LogP contribution in [-0.2, 0) is 10.5 Å². The van der Waals surface area contributed by atoms with E-state index in [1.165, 1.54) is 17.3 Å². The Morgan fingerprint density at radius 2 is 2.11 bits per heavy atom. The van der Waals surface area contributed by atoms with Crippen LogP contribution < -0.4 is 5.32 Å². The average molecular weight is 276 g/mol. The van der Waals surface area contributed by atoms with E-state index < -0.39 is 0 Å². The molecule has 1 heterocycles. The quantitative estimate of drug-likeness (QED) is 0.824. The predicted octanol–water partition coefficient (Wildman–Crippen LogP) is 2.69. The van der Waals surface area contributed by atoms with Gasteiger partial charge in [0, 0.05) is 11.7 Å². The first kappa shape index (κ1) is 13.6. The molecule has 0 bridgehead atoms. The van der Waals surface area contributed by atoms with Crippen molar-refractivity contribution < 1.29 is 4.79 Å². The molecule has 6 heteroatoms. The Labute approximate surface area is 116 Å². The van der Waals surface area contributed by atoms with Crippen LogP contribution in [-0.4, -0.2) is 21.1 Å². The first-order valence-corrected chi connectivity index (χ1v) is 7.03. The van der Waals surface area contributed by atoms with Crippen LogP contribution in [0.4, 0.5) is 5.95 Å². The number of thioether (sulfide) groups is 1. The lowest BCUT2D eigenvalue weighted by atomic mass is 10.2. The minimum atomic E-state index is -0.0782.